The molecule has 0 radical (unpaired) electrons. The number of hydrogen-bond acceptors (Lipinski definition) is 3. The van der Waals surface area contributed by atoms with E-state index in [1.807, 2.05) is 42.5 Å². The van der Waals surface area contributed by atoms with E-state index in [4.69, 9.17) is 23.2 Å². The number of halogens is 2. The summed E-state index contributed by atoms with van der Waals surface area (Å²) in [6.45, 7) is 0.157. The van der Waals surface area contributed by atoms with Crippen molar-refractivity contribution in [3.05, 3.63) is 63.6 Å². The van der Waals surface area contributed by atoms with Gasteiger partial charge in [-0.2, -0.15) is 0 Å². The van der Waals surface area contributed by atoms with Crippen LogP contribution in [0.4, 0.5) is 5.69 Å². The minimum Gasteiger partial charge on any atom is -0.358 e. The van der Waals surface area contributed by atoms with Crippen molar-refractivity contribution in [3.8, 4) is 0 Å². The predicted octanol–water partition coefficient (Wildman–Crippen LogP) is 4.46. The molecule has 31 heavy (non-hydrogen) atoms. The van der Waals surface area contributed by atoms with Crippen molar-refractivity contribution in [1.29, 1.82) is 0 Å². The minimum atomic E-state index is -0.883. The highest BCUT2D eigenvalue weighted by Gasteiger charge is 2.60. The molecule has 2 amide bonds. The van der Waals surface area contributed by atoms with E-state index < -0.39 is 11.0 Å². The van der Waals surface area contributed by atoms with Gasteiger partial charge in [0.15, 0.2) is 0 Å². The Labute approximate surface area is 192 Å². The summed E-state index contributed by atoms with van der Waals surface area (Å²) in [6, 6.07) is 13.3. The van der Waals surface area contributed by atoms with E-state index in [-0.39, 0.29) is 18.4 Å². The van der Waals surface area contributed by atoms with E-state index in [2.05, 4.69) is 16.0 Å². The van der Waals surface area contributed by atoms with Gasteiger partial charge in [0.25, 0.3) is 0 Å². The lowest BCUT2D eigenvalue weighted by Crippen LogP contribution is -2.66. The third-order valence-corrected chi connectivity index (χ3v) is 7.30. The molecular weight excluding hydrogens is 433 g/mol. The average molecular weight is 460 g/mol. The van der Waals surface area contributed by atoms with Crippen LogP contribution in [0, 0.1) is 0 Å². The Bertz CT molecular complexity index is 1000. The van der Waals surface area contributed by atoms with E-state index in [1.165, 1.54) is 0 Å². The van der Waals surface area contributed by atoms with Crippen LogP contribution in [0.5, 0.6) is 0 Å². The van der Waals surface area contributed by atoms with Gasteiger partial charge < -0.3 is 16.0 Å². The van der Waals surface area contributed by atoms with Crippen molar-refractivity contribution in [2.45, 2.75) is 49.5 Å². The predicted molar refractivity (Wildman–Crippen MR) is 125 cm³/mol. The Balaban J connectivity index is 1.89. The summed E-state index contributed by atoms with van der Waals surface area (Å²) in [4.78, 5) is 26.0. The molecule has 1 atom stereocenters. The van der Waals surface area contributed by atoms with Gasteiger partial charge in [0.2, 0.25) is 11.8 Å². The second-order valence-electron chi connectivity index (χ2n) is 8.53. The van der Waals surface area contributed by atoms with E-state index in [9.17, 15) is 9.59 Å². The molecule has 0 aromatic heterocycles. The number of rotatable bonds is 6. The zero-order valence-electron chi connectivity index (χ0n) is 17.6. The highest BCUT2D eigenvalue weighted by atomic mass is 35.5. The fourth-order valence-corrected chi connectivity index (χ4v) is 5.75. The van der Waals surface area contributed by atoms with Crippen LogP contribution >= 0.6 is 23.2 Å². The van der Waals surface area contributed by atoms with Crippen molar-refractivity contribution in [2.75, 3.05) is 18.9 Å². The van der Waals surface area contributed by atoms with E-state index in [0.717, 1.165) is 48.9 Å². The third kappa shape index (κ3) is 3.95. The molecule has 1 heterocycles. The molecule has 1 unspecified atom stereocenters. The Morgan fingerprint density at radius 1 is 1.06 bits per heavy atom. The molecule has 2 aromatic carbocycles. The molecule has 5 nitrogen and oxygen atoms in total. The molecule has 0 bridgehead atoms. The molecule has 164 valence electrons. The summed E-state index contributed by atoms with van der Waals surface area (Å²) in [5, 5.41) is 10.5. The largest absolute Gasteiger partial charge is 0.358 e. The molecular formula is C24H27Cl2N3O2. The van der Waals surface area contributed by atoms with Crippen LogP contribution in [-0.4, -0.2) is 30.9 Å². The number of benzene rings is 2. The Morgan fingerprint density at radius 3 is 2.52 bits per heavy atom. The third-order valence-electron chi connectivity index (χ3n) is 6.83. The first-order valence-electron chi connectivity index (χ1n) is 10.7. The highest BCUT2D eigenvalue weighted by Crippen LogP contribution is 2.53. The Kier molecular flexibility index (Phi) is 6.29. The molecule has 1 aliphatic carbocycles. The minimum absolute atomic E-state index is 0.0592. The highest BCUT2D eigenvalue weighted by molar-refractivity contribution is 6.31. The molecule has 2 aromatic rings. The lowest BCUT2D eigenvalue weighted by atomic mass is 9.57. The van der Waals surface area contributed by atoms with Crippen molar-refractivity contribution >= 4 is 40.7 Å². The first kappa shape index (κ1) is 22.1. The molecule has 7 heteroatoms. The van der Waals surface area contributed by atoms with Crippen molar-refractivity contribution in [2.24, 2.45) is 0 Å². The fourth-order valence-electron chi connectivity index (χ4n) is 5.36. The molecule has 4 rings (SSSR count). The van der Waals surface area contributed by atoms with Crippen molar-refractivity contribution < 1.29 is 9.59 Å². The first-order chi connectivity index (χ1) is 14.9. The quantitative estimate of drug-likeness (QED) is 0.596. The number of nitrogens with one attached hydrogen (secondary N) is 3. The van der Waals surface area contributed by atoms with Gasteiger partial charge in [0, 0.05) is 28.3 Å². The van der Waals surface area contributed by atoms with Crippen LogP contribution in [0.25, 0.3) is 0 Å². The molecule has 1 saturated carbocycles. The maximum absolute atomic E-state index is 13.8. The molecule has 1 aliphatic heterocycles. The topological polar surface area (TPSA) is 70.2 Å². The van der Waals surface area contributed by atoms with E-state index >= 15 is 0 Å². The van der Waals surface area contributed by atoms with E-state index in [0.29, 0.717) is 16.5 Å². The van der Waals surface area contributed by atoms with Crippen LogP contribution in [-0.2, 0) is 21.4 Å². The fraction of sp³-hybridized carbons (Fsp3) is 0.417. The van der Waals surface area contributed by atoms with Gasteiger partial charge in [-0.3, -0.25) is 9.59 Å². The lowest BCUT2D eigenvalue weighted by molar-refractivity contribution is -0.126. The van der Waals surface area contributed by atoms with Gasteiger partial charge in [-0.05, 0) is 54.7 Å². The van der Waals surface area contributed by atoms with Crippen LogP contribution in [0.1, 0.15) is 43.2 Å². The summed E-state index contributed by atoms with van der Waals surface area (Å²) in [5.41, 5.74) is 1.20. The number of fused-ring (bicyclic) bond motifs is 1. The van der Waals surface area contributed by atoms with Crippen LogP contribution < -0.4 is 16.0 Å². The second kappa shape index (κ2) is 8.81. The number of amides is 2. The zero-order chi connectivity index (χ0) is 22.1. The van der Waals surface area contributed by atoms with Gasteiger partial charge in [-0.25, -0.2) is 0 Å². The van der Waals surface area contributed by atoms with Gasteiger partial charge >= 0.3 is 0 Å². The van der Waals surface area contributed by atoms with Crippen LogP contribution in [0.3, 0.4) is 0 Å². The molecule has 0 saturated heterocycles. The number of hydrogen-bond donors (Lipinski definition) is 3. The van der Waals surface area contributed by atoms with Crippen molar-refractivity contribution in [3.63, 3.8) is 0 Å². The monoisotopic (exact) mass is 459 g/mol. The smallest absolute Gasteiger partial charge is 0.237 e. The normalized spacial score (nSPS) is 22.0. The van der Waals surface area contributed by atoms with Crippen LogP contribution in [0.15, 0.2) is 42.5 Å². The summed E-state index contributed by atoms with van der Waals surface area (Å²) in [6.07, 6.45) is 5.20. The Hall–Kier alpha value is -2.08. The summed E-state index contributed by atoms with van der Waals surface area (Å²) in [7, 11) is 1.62. The average Bonchev–Trinajstić information content (AvgIpc) is 3.04. The summed E-state index contributed by atoms with van der Waals surface area (Å²) < 4.78 is 0. The zero-order valence-corrected chi connectivity index (χ0v) is 19.1. The van der Waals surface area contributed by atoms with E-state index in [1.54, 1.807) is 7.05 Å². The number of anilines is 1. The van der Waals surface area contributed by atoms with Gasteiger partial charge in [0.1, 0.15) is 0 Å². The summed E-state index contributed by atoms with van der Waals surface area (Å²) in [5.74, 6) is -0.159. The van der Waals surface area contributed by atoms with Gasteiger partial charge in [-0.1, -0.05) is 60.7 Å². The first-order valence-corrected chi connectivity index (χ1v) is 11.5. The number of likely N-dealkylation sites (N-methyl/N-ethyl adjacent to an activating group) is 1. The molecule has 2 aliphatic rings. The Morgan fingerprint density at radius 2 is 1.81 bits per heavy atom. The second-order valence-corrected chi connectivity index (χ2v) is 9.40. The maximum Gasteiger partial charge on any atom is 0.237 e. The summed E-state index contributed by atoms with van der Waals surface area (Å²) >= 11 is 12.5. The maximum atomic E-state index is 13.8. The molecule has 1 fully saturated rings. The standard InChI is InChI=1S/C24H27Cl2N3O2/c1-27-21(30)15-28-23(10-3-2-4-11-23)24(14-16-6-5-7-17(25)12-16)19-9-8-18(26)13-20(19)29-22(24)31/h5-9,12-13,28H,2-4,10-11,14-15H2,1H3,(H,27,30)(H,29,31). The number of carbonyl (C=O) groups is 2. The number of carbonyl (C=O) groups excluding carboxylic acids is 2. The lowest BCUT2D eigenvalue weighted by Gasteiger charge is -2.50. The molecule has 3 N–H and O–H groups in total. The van der Waals surface area contributed by atoms with Crippen LogP contribution in [0.2, 0.25) is 10.0 Å². The van der Waals surface area contributed by atoms with Gasteiger partial charge in [-0.15, -0.1) is 0 Å². The SMILES string of the molecule is CNC(=O)CNC1(C2(Cc3cccc(Cl)c3)C(=O)Nc3cc(Cl)ccc32)CCCCC1. The van der Waals surface area contributed by atoms with Gasteiger partial charge in [0.05, 0.1) is 12.0 Å². The molecule has 0 spiro atoms. The van der Waals surface area contributed by atoms with Crippen molar-refractivity contribution in [1.82, 2.24) is 10.6 Å².